The molecule has 2 nitrogen and oxygen atoms in total. The number of halogens is 2. The van der Waals surface area contributed by atoms with Crippen LogP contribution in [0.1, 0.15) is 32.6 Å². The maximum Gasteiger partial charge on any atom is 0.152 e. The second-order valence-corrected chi connectivity index (χ2v) is 6.11. The first kappa shape index (κ1) is 13.8. The number of hydrogen-bond acceptors (Lipinski definition) is 2. The molecule has 0 aliphatic heterocycles. The summed E-state index contributed by atoms with van der Waals surface area (Å²) in [4.78, 5) is 0. The number of anilines is 1. The van der Waals surface area contributed by atoms with Gasteiger partial charge in [0.05, 0.1) is 10.0 Å². The molecule has 1 fully saturated rings. The number of nitrogens with one attached hydrogen (secondary N) is 1. The van der Waals surface area contributed by atoms with E-state index in [-0.39, 0.29) is 5.75 Å². The Morgan fingerprint density at radius 3 is 2.28 bits per heavy atom. The van der Waals surface area contributed by atoms with E-state index in [1.807, 2.05) is 0 Å². The first-order valence-corrected chi connectivity index (χ1v) is 7.23. The van der Waals surface area contributed by atoms with Crippen molar-refractivity contribution in [3.8, 4) is 5.75 Å². The average Bonchev–Trinajstić information content (AvgIpc) is 2.35. The van der Waals surface area contributed by atoms with Crippen LogP contribution < -0.4 is 5.32 Å². The maximum atomic E-state index is 9.49. The van der Waals surface area contributed by atoms with Gasteiger partial charge in [0, 0.05) is 12.2 Å². The standard InChI is InChI=1S/C14H19Cl2NO/c1-9-2-4-10(5-3-9)8-17-11-6-12(15)14(18)13(16)7-11/h6-7,9-10,17-18H,2-5,8H2,1H3. The minimum absolute atomic E-state index is 0.0459. The molecule has 0 amide bonds. The van der Waals surface area contributed by atoms with Crippen LogP contribution in [0.25, 0.3) is 0 Å². The van der Waals surface area contributed by atoms with Crippen LogP contribution >= 0.6 is 23.2 Å². The monoisotopic (exact) mass is 287 g/mol. The van der Waals surface area contributed by atoms with Gasteiger partial charge in [-0.2, -0.15) is 0 Å². The van der Waals surface area contributed by atoms with Crippen molar-refractivity contribution in [1.29, 1.82) is 0 Å². The van der Waals surface area contributed by atoms with E-state index < -0.39 is 0 Å². The zero-order chi connectivity index (χ0) is 13.1. The van der Waals surface area contributed by atoms with Crippen LogP contribution in [0, 0.1) is 11.8 Å². The highest BCUT2D eigenvalue weighted by atomic mass is 35.5. The number of benzene rings is 1. The average molecular weight is 288 g/mol. The normalized spacial score (nSPS) is 23.9. The summed E-state index contributed by atoms with van der Waals surface area (Å²) >= 11 is 11.8. The molecule has 100 valence electrons. The Balaban J connectivity index is 1.90. The molecule has 0 aromatic heterocycles. The van der Waals surface area contributed by atoms with Gasteiger partial charge in [-0.3, -0.25) is 0 Å². The van der Waals surface area contributed by atoms with E-state index in [2.05, 4.69) is 12.2 Å². The molecular weight excluding hydrogens is 269 g/mol. The minimum atomic E-state index is -0.0459. The van der Waals surface area contributed by atoms with Gasteiger partial charge in [-0.15, -0.1) is 0 Å². The number of aromatic hydroxyl groups is 1. The highest BCUT2D eigenvalue weighted by molar-refractivity contribution is 6.37. The molecule has 0 unspecified atom stereocenters. The van der Waals surface area contributed by atoms with Crippen molar-refractivity contribution in [2.24, 2.45) is 11.8 Å². The highest BCUT2D eigenvalue weighted by Crippen LogP contribution is 2.35. The molecule has 0 bridgehead atoms. The molecule has 0 heterocycles. The molecule has 4 heteroatoms. The molecule has 2 N–H and O–H groups in total. The molecule has 1 saturated carbocycles. The van der Waals surface area contributed by atoms with E-state index in [9.17, 15) is 5.11 Å². The van der Waals surface area contributed by atoms with Gasteiger partial charge in [-0.25, -0.2) is 0 Å². The fourth-order valence-corrected chi connectivity index (χ4v) is 2.95. The molecule has 1 aromatic carbocycles. The summed E-state index contributed by atoms with van der Waals surface area (Å²) in [6, 6.07) is 3.43. The van der Waals surface area contributed by atoms with Crippen LogP contribution in [0.5, 0.6) is 5.75 Å². The summed E-state index contributed by atoms with van der Waals surface area (Å²) in [6.07, 6.45) is 5.22. The van der Waals surface area contributed by atoms with Crippen molar-refractivity contribution in [2.75, 3.05) is 11.9 Å². The quantitative estimate of drug-likeness (QED) is 0.772. The van der Waals surface area contributed by atoms with Crippen LogP contribution in [-0.2, 0) is 0 Å². The molecule has 1 aliphatic rings. The molecule has 18 heavy (non-hydrogen) atoms. The Bertz CT molecular complexity index is 391. The van der Waals surface area contributed by atoms with E-state index in [4.69, 9.17) is 23.2 Å². The summed E-state index contributed by atoms with van der Waals surface area (Å²) in [7, 11) is 0. The van der Waals surface area contributed by atoms with E-state index in [0.717, 1.165) is 24.1 Å². The van der Waals surface area contributed by atoms with Crippen molar-refractivity contribution in [2.45, 2.75) is 32.6 Å². The van der Waals surface area contributed by atoms with Gasteiger partial charge in [-0.1, -0.05) is 43.0 Å². The van der Waals surface area contributed by atoms with Crippen LogP contribution in [0.2, 0.25) is 10.0 Å². The lowest BCUT2D eigenvalue weighted by atomic mass is 9.83. The van der Waals surface area contributed by atoms with Gasteiger partial charge in [-0.05, 0) is 36.8 Å². The molecular formula is C14H19Cl2NO. The maximum absolute atomic E-state index is 9.49. The molecule has 1 aromatic rings. The lowest BCUT2D eigenvalue weighted by molar-refractivity contribution is 0.300. The second-order valence-electron chi connectivity index (χ2n) is 5.30. The van der Waals surface area contributed by atoms with Gasteiger partial charge in [0.25, 0.3) is 0 Å². The Labute approximate surface area is 118 Å². The summed E-state index contributed by atoms with van der Waals surface area (Å²) in [5.74, 6) is 1.56. The van der Waals surface area contributed by atoms with E-state index >= 15 is 0 Å². The summed E-state index contributed by atoms with van der Waals surface area (Å²) in [5, 5.41) is 13.4. The topological polar surface area (TPSA) is 32.3 Å². The molecule has 1 aliphatic carbocycles. The predicted molar refractivity (Wildman–Crippen MR) is 77.7 cm³/mol. The van der Waals surface area contributed by atoms with Gasteiger partial charge in [0.1, 0.15) is 0 Å². The summed E-state index contributed by atoms with van der Waals surface area (Å²) in [6.45, 7) is 3.27. The third-order valence-corrected chi connectivity index (χ3v) is 4.32. The Hall–Kier alpha value is -0.600. The van der Waals surface area contributed by atoms with Gasteiger partial charge in [0.15, 0.2) is 5.75 Å². The van der Waals surface area contributed by atoms with Crippen LogP contribution in [-0.4, -0.2) is 11.7 Å². The lowest BCUT2D eigenvalue weighted by Gasteiger charge is -2.26. The predicted octanol–water partition coefficient (Wildman–Crippen LogP) is 4.94. The molecule has 0 spiro atoms. The molecule has 2 rings (SSSR count). The fraction of sp³-hybridized carbons (Fsp3) is 0.571. The van der Waals surface area contributed by atoms with Crippen molar-refractivity contribution < 1.29 is 5.11 Å². The van der Waals surface area contributed by atoms with Crippen LogP contribution in [0.4, 0.5) is 5.69 Å². The SMILES string of the molecule is CC1CCC(CNc2cc(Cl)c(O)c(Cl)c2)CC1. The van der Waals surface area contributed by atoms with E-state index in [1.165, 1.54) is 25.7 Å². The third-order valence-electron chi connectivity index (χ3n) is 3.75. The summed E-state index contributed by atoms with van der Waals surface area (Å²) in [5.41, 5.74) is 0.876. The third kappa shape index (κ3) is 3.46. The first-order chi connectivity index (χ1) is 8.56. The first-order valence-electron chi connectivity index (χ1n) is 6.48. The van der Waals surface area contributed by atoms with Gasteiger partial charge < -0.3 is 10.4 Å². The second kappa shape index (κ2) is 6.03. The number of hydrogen-bond donors (Lipinski definition) is 2. The van der Waals surface area contributed by atoms with E-state index in [0.29, 0.717) is 10.0 Å². The number of phenols is 1. The molecule has 0 radical (unpaired) electrons. The Morgan fingerprint density at radius 1 is 1.17 bits per heavy atom. The largest absolute Gasteiger partial charge is 0.505 e. The smallest absolute Gasteiger partial charge is 0.152 e. The summed E-state index contributed by atoms with van der Waals surface area (Å²) < 4.78 is 0. The van der Waals surface area contributed by atoms with Crippen molar-refractivity contribution in [3.05, 3.63) is 22.2 Å². The van der Waals surface area contributed by atoms with Gasteiger partial charge >= 0.3 is 0 Å². The van der Waals surface area contributed by atoms with Crippen molar-refractivity contribution in [3.63, 3.8) is 0 Å². The minimum Gasteiger partial charge on any atom is -0.505 e. The van der Waals surface area contributed by atoms with Crippen LogP contribution in [0.15, 0.2) is 12.1 Å². The number of rotatable bonds is 3. The molecule has 0 atom stereocenters. The number of phenolic OH excluding ortho intramolecular Hbond substituents is 1. The van der Waals surface area contributed by atoms with Crippen LogP contribution in [0.3, 0.4) is 0 Å². The van der Waals surface area contributed by atoms with Crippen molar-refractivity contribution in [1.82, 2.24) is 0 Å². The molecule has 0 saturated heterocycles. The zero-order valence-electron chi connectivity index (χ0n) is 10.5. The Morgan fingerprint density at radius 2 is 1.72 bits per heavy atom. The zero-order valence-corrected chi connectivity index (χ0v) is 12.1. The highest BCUT2D eigenvalue weighted by Gasteiger charge is 2.18. The van der Waals surface area contributed by atoms with E-state index in [1.54, 1.807) is 12.1 Å². The van der Waals surface area contributed by atoms with Crippen molar-refractivity contribution >= 4 is 28.9 Å². The van der Waals surface area contributed by atoms with Gasteiger partial charge in [0.2, 0.25) is 0 Å². The lowest BCUT2D eigenvalue weighted by Crippen LogP contribution is -2.20. The fourth-order valence-electron chi connectivity index (χ4n) is 2.46. The Kier molecular flexibility index (Phi) is 4.63.